The van der Waals surface area contributed by atoms with Crippen LogP contribution in [0.25, 0.3) is 10.9 Å². The third-order valence-corrected chi connectivity index (χ3v) is 5.56. The predicted molar refractivity (Wildman–Crippen MR) is 116 cm³/mol. The number of amides is 2. The standard InChI is InChI=1S/C23H22N4O5/c1-14-25-18-12-16(24)9-10-17(18)20(29)27(14)23(11-5-8-19(28)26-21(23)30)22(31)32-13-15-6-3-2-4-7-15/h2-4,6-7,9-10,12H,5,8,11,13,24H2,1H3,(H,26,28,30). The van der Waals surface area contributed by atoms with E-state index in [1.54, 1.807) is 36.4 Å². The maximum Gasteiger partial charge on any atom is 0.342 e. The van der Waals surface area contributed by atoms with E-state index in [0.29, 0.717) is 11.2 Å². The van der Waals surface area contributed by atoms with Gasteiger partial charge >= 0.3 is 5.97 Å². The molecule has 0 saturated carbocycles. The number of carbonyl (C=O) groups is 3. The van der Waals surface area contributed by atoms with E-state index < -0.39 is 28.9 Å². The van der Waals surface area contributed by atoms with Crippen molar-refractivity contribution in [3.63, 3.8) is 0 Å². The molecule has 2 aromatic carbocycles. The van der Waals surface area contributed by atoms with Crippen molar-refractivity contribution in [2.45, 2.75) is 38.3 Å². The first-order valence-corrected chi connectivity index (χ1v) is 10.2. The molecule has 1 unspecified atom stereocenters. The summed E-state index contributed by atoms with van der Waals surface area (Å²) in [7, 11) is 0. The minimum absolute atomic E-state index is 0.0464. The van der Waals surface area contributed by atoms with E-state index >= 15 is 0 Å². The Morgan fingerprint density at radius 1 is 1.19 bits per heavy atom. The summed E-state index contributed by atoms with van der Waals surface area (Å²) >= 11 is 0. The molecule has 1 aliphatic heterocycles. The number of hydrogen-bond acceptors (Lipinski definition) is 7. The summed E-state index contributed by atoms with van der Waals surface area (Å²) in [5.41, 5.74) is 4.65. The molecular weight excluding hydrogens is 412 g/mol. The summed E-state index contributed by atoms with van der Waals surface area (Å²) < 4.78 is 6.56. The Kier molecular flexibility index (Phi) is 5.48. The highest BCUT2D eigenvalue weighted by Crippen LogP contribution is 2.30. The molecule has 0 bridgehead atoms. The number of nitrogen functional groups attached to an aromatic ring is 1. The lowest BCUT2D eigenvalue weighted by molar-refractivity contribution is -0.161. The molecule has 1 atom stereocenters. The first-order chi connectivity index (χ1) is 15.3. The second kappa shape index (κ2) is 8.26. The van der Waals surface area contributed by atoms with Crippen LogP contribution in [-0.2, 0) is 31.3 Å². The predicted octanol–water partition coefficient (Wildman–Crippen LogP) is 1.55. The number of nitrogens with zero attached hydrogens (tertiary/aromatic N) is 2. The number of esters is 1. The van der Waals surface area contributed by atoms with E-state index in [2.05, 4.69) is 10.3 Å². The maximum absolute atomic E-state index is 13.5. The maximum atomic E-state index is 13.5. The number of anilines is 1. The number of aromatic nitrogens is 2. The number of hydrogen-bond donors (Lipinski definition) is 2. The molecule has 9 heteroatoms. The van der Waals surface area contributed by atoms with Crippen molar-refractivity contribution >= 4 is 34.4 Å². The largest absolute Gasteiger partial charge is 0.459 e. The van der Waals surface area contributed by atoms with E-state index in [4.69, 9.17) is 10.5 Å². The van der Waals surface area contributed by atoms with Gasteiger partial charge in [-0.25, -0.2) is 9.78 Å². The molecular formula is C23H22N4O5. The van der Waals surface area contributed by atoms with Gasteiger partial charge < -0.3 is 10.5 Å². The molecule has 4 rings (SSSR count). The highest BCUT2D eigenvalue weighted by atomic mass is 16.5. The van der Waals surface area contributed by atoms with Gasteiger partial charge in [-0.15, -0.1) is 0 Å². The fourth-order valence-corrected chi connectivity index (χ4v) is 4.02. The molecule has 9 nitrogen and oxygen atoms in total. The summed E-state index contributed by atoms with van der Waals surface area (Å²) in [6.45, 7) is 1.43. The average Bonchev–Trinajstić information content (AvgIpc) is 2.90. The second-order valence-corrected chi connectivity index (χ2v) is 7.73. The Morgan fingerprint density at radius 2 is 1.94 bits per heavy atom. The number of imide groups is 1. The number of carbonyl (C=O) groups excluding carboxylic acids is 3. The molecule has 164 valence electrons. The first kappa shape index (κ1) is 21.2. The van der Waals surface area contributed by atoms with Gasteiger partial charge in [-0.3, -0.25) is 24.3 Å². The minimum Gasteiger partial charge on any atom is -0.459 e. The van der Waals surface area contributed by atoms with Gasteiger partial charge in [0.2, 0.25) is 11.4 Å². The van der Waals surface area contributed by atoms with Crippen LogP contribution in [0.4, 0.5) is 5.69 Å². The van der Waals surface area contributed by atoms with Crippen molar-refractivity contribution in [1.29, 1.82) is 0 Å². The van der Waals surface area contributed by atoms with Crippen molar-refractivity contribution in [2.75, 3.05) is 5.73 Å². The van der Waals surface area contributed by atoms with Crippen LogP contribution in [0.15, 0.2) is 53.3 Å². The lowest BCUT2D eigenvalue weighted by Gasteiger charge is -2.31. The van der Waals surface area contributed by atoms with Gasteiger partial charge in [0.1, 0.15) is 12.4 Å². The fourth-order valence-electron chi connectivity index (χ4n) is 4.02. The lowest BCUT2D eigenvalue weighted by Crippen LogP contribution is -2.58. The van der Waals surface area contributed by atoms with Gasteiger partial charge in [0.15, 0.2) is 0 Å². The molecule has 0 spiro atoms. The van der Waals surface area contributed by atoms with E-state index in [1.807, 2.05) is 6.07 Å². The van der Waals surface area contributed by atoms with Gasteiger partial charge in [0.25, 0.3) is 11.5 Å². The first-order valence-electron chi connectivity index (χ1n) is 10.2. The zero-order valence-corrected chi connectivity index (χ0v) is 17.5. The Labute approximate surface area is 183 Å². The summed E-state index contributed by atoms with van der Waals surface area (Å²) in [6, 6.07) is 13.6. The summed E-state index contributed by atoms with van der Waals surface area (Å²) in [5.74, 6) is -2.20. The van der Waals surface area contributed by atoms with Crippen LogP contribution in [0.1, 0.15) is 30.7 Å². The normalized spacial score (nSPS) is 18.8. The zero-order valence-electron chi connectivity index (χ0n) is 17.5. The molecule has 1 saturated heterocycles. The summed E-state index contributed by atoms with van der Waals surface area (Å²) in [4.78, 5) is 56.6. The van der Waals surface area contributed by atoms with Crippen molar-refractivity contribution in [3.05, 3.63) is 70.3 Å². The SMILES string of the molecule is Cc1nc2cc(N)ccc2c(=O)n1C1(C(=O)OCc2ccccc2)CCCC(=O)NC1=O. The Balaban J connectivity index is 1.87. The average molecular weight is 434 g/mol. The lowest BCUT2D eigenvalue weighted by atomic mass is 9.91. The number of benzene rings is 2. The molecule has 2 heterocycles. The number of aryl methyl sites for hydroxylation is 1. The minimum atomic E-state index is -2.06. The van der Waals surface area contributed by atoms with Crippen LogP contribution in [0.5, 0.6) is 0 Å². The van der Waals surface area contributed by atoms with Gasteiger partial charge in [-0.1, -0.05) is 30.3 Å². The van der Waals surface area contributed by atoms with E-state index in [0.717, 1.165) is 10.1 Å². The van der Waals surface area contributed by atoms with Crippen LogP contribution in [0, 0.1) is 6.92 Å². The highest BCUT2D eigenvalue weighted by molar-refractivity contribution is 6.11. The molecule has 3 N–H and O–H groups in total. The monoisotopic (exact) mass is 434 g/mol. The fraction of sp³-hybridized carbons (Fsp3) is 0.261. The van der Waals surface area contributed by atoms with E-state index in [-0.39, 0.29) is 37.1 Å². The van der Waals surface area contributed by atoms with Crippen molar-refractivity contribution in [3.8, 4) is 0 Å². The van der Waals surface area contributed by atoms with Crippen molar-refractivity contribution < 1.29 is 19.1 Å². The molecule has 32 heavy (non-hydrogen) atoms. The van der Waals surface area contributed by atoms with E-state index in [9.17, 15) is 19.2 Å². The van der Waals surface area contributed by atoms with Gasteiger partial charge in [0.05, 0.1) is 10.9 Å². The van der Waals surface area contributed by atoms with Gasteiger partial charge in [-0.2, -0.15) is 0 Å². The smallest absolute Gasteiger partial charge is 0.342 e. The number of fused-ring (bicyclic) bond motifs is 1. The Morgan fingerprint density at radius 3 is 2.69 bits per heavy atom. The van der Waals surface area contributed by atoms with Crippen molar-refractivity contribution in [2.24, 2.45) is 0 Å². The van der Waals surface area contributed by atoms with Crippen LogP contribution in [0.3, 0.4) is 0 Å². The third-order valence-electron chi connectivity index (χ3n) is 5.56. The van der Waals surface area contributed by atoms with Crippen LogP contribution < -0.4 is 16.6 Å². The molecule has 1 aliphatic rings. The number of nitrogens with two attached hydrogens (primary N) is 1. The number of rotatable bonds is 4. The molecule has 0 aliphatic carbocycles. The number of nitrogens with one attached hydrogen (secondary N) is 1. The molecule has 3 aromatic rings. The topological polar surface area (TPSA) is 133 Å². The third kappa shape index (κ3) is 3.62. The zero-order chi connectivity index (χ0) is 22.9. The quantitative estimate of drug-likeness (QED) is 0.275. The molecule has 2 amide bonds. The number of ether oxygens (including phenoxy) is 1. The van der Waals surface area contributed by atoms with Crippen LogP contribution in [-0.4, -0.2) is 27.3 Å². The van der Waals surface area contributed by atoms with Gasteiger partial charge in [-0.05, 0) is 43.5 Å². The summed E-state index contributed by atoms with van der Waals surface area (Å²) in [6.07, 6.45) is 0.176. The Hall–Kier alpha value is -4.01. The Bertz CT molecular complexity index is 1280. The summed E-state index contributed by atoms with van der Waals surface area (Å²) in [5, 5.41) is 2.43. The van der Waals surface area contributed by atoms with Gasteiger partial charge in [0, 0.05) is 12.1 Å². The van der Waals surface area contributed by atoms with E-state index in [1.165, 1.54) is 13.0 Å². The van der Waals surface area contributed by atoms with Crippen LogP contribution >= 0.6 is 0 Å². The highest BCUT2D eigenvalue weighted by Gasteiger charge is 2.52. The van der Waals surface area contributed by atoms with Crippen LogP contribution in [0.2, 0.25) is 0 Å². The van der Waals surface area contributed by atoms with Crippen molar-refractivity contribution in [1.82, 2.24) is 14.9 Å². The molecule has 0 radical (unpaired) electrons. The molecule has 1 aromatic heterocycles. The second-order valence-electron chi connectivity index (χ2n) is 7.73. The molecule has 1 fully saturated rings.